The van der Waals surface area contributed by atoms with Gasteiger partial charge in [0.25, 0.3) is 0 Å². The fourth-order valence-corrected chi connectivity index (χ4v) is 2.30. The van der Waals surface area contributed by atoms with Crippen molar-refractivity contribution in [1.29, 1.82) is 0 Å². The summed E-state index contributed by atoms with van der Waals surface area (Å²) in [6.07, 6.45) is 2.08. The summed E-state index contributed by atoms with van der Waals surface area (Å²) in [6, 6.07) is -2.13. The highest BCUT2D eigenvalue weighted by molar-refractivity contribution is 5.92. The maximum atomic E-state index is 12.1. The van der Waals surface area contributed by atoms with Crippen LogP contribution in [0.3, 0.4) is 0 Å². The normalized spacial score (nSPS) is 21.4. The van der Waals surface area contributed by atoms with Crippen LogP contribution in [0.15, 0.2) is 0 Å². The molecule has 1 heterocycles. The molecule has 20 heavy (non-hydrogen) atoms. The van der Waals surface area contributed by atoms with Crippen LogP contribution in [0.2, 0.25) is 0 Å². The fraction of sp³-hybridized carbons (Fsp3) is 0.769. The van der Waals surface area contributed by atoms with Crippen molar-refractivity contribution in [2.24, 2.45) is 5.73 Å². The molecule has 1 rings (SSSR count). The average molecular weight is 285 g/mol. The van der Waals surface area contributed by atoms with Crippen molar-refractivity contribution < 1.29 is 19.5 Å². The molecule has 0 bridgehead atoms. The predicted molar refractivity (Wildman–Crippen MR) is 72.9 cm³/mol. The van der Waals surface area contributed by atoms with Gasteiger partial charge in [-0.05, 0) is 25.7 Å². The van der Waals surface area contributed by atoms with Gasteiger partial charge in [0.1, 0.15) is 12.1 Å². The molecule has 0 radical (unpaired) electrons. The fourth-order valence-electron chi connectivity index (χ4n) is 2.30. The van der Waals surface area contributed by atoms with Gasteiger partial charge in [-0.1, -0.05) is 13.8 Å². The minimum Gasteiger partial charge on any atom is -0.480 e. The van der Waals surface area contributed by atoms with Gasteiger partial charge in [-0.2, -0.15) is 0 Å². The molecule has 0 aliphatic carbocycles. The SMILES string of the molecule is CCC(N)C(=O)N1CCCC1C(=O)NC(CC)C(=O)O. The summed E-state index contributed by atoms with van der Waals surface area (Å²) in [6.45, 7) is 3.99. The van der Waals surface area contributed by atoms with Crippen molar-refractivity contribution >= 4 is 17.8 Å². The summed E-state index contributed by atoms with van der Waals surface area (Å²) < 4.78 is 0. The van der Waals surface area contributed by atoms with Crippen molar-refractivity contribution in [2.45, 2.75) is 57.7 Å². The number of likely N-dealkylation sites (tertiary alicyclic amines) is 1. The molecule has 3 atom stereocenters. The van der Waals surface area contributed by atoms with E-state index in [1.165, 1.54) is 4.90 Å². The number of rotatable bonds is 6. The molecule has 1 fully saturated rings. The number of hydrogen-bond acceptors (Lipinski definition) is 4. The van der Waals surface area contributed by atoms with E-state index in [9.17, 15) is 14.4 Å². The highest BCUT2D eigenvalue weighted by Gasteiger charge is 2.36. The van der Waals surface area contributed by atoms with Gasteiger partial charge in [0.15, 0.2) is 0 Å². The van der Waals surface area contributed by atoms with E-state index in [2.05, 4.69) is 5.32 Å². The van der Waals surface area contributed by atoms with E-state index >= 15 is 0 Å². The Labute approximate surface area is 118 Å². The number of carboxylic acid groups (broad SMARTS) is 1. The Kier molecular flexibility index (Phi) is 5.94. The molecule has 0 saturated carbocycles. The molecular weight excluding hydrogens is 262 g/mol. The van der Waals surface area contributed by atoms with Gasteiger partial charge in [-0.25, -0.2) is 4.79 Å². The quantitative estimate of drug-likeness (QED) is 0.620. The monoisotopic (exact) mass is 285 g/mol. The first-order chi connectivity index (χ1) is 9.42. The van der Waals surface area contributed by atoms with E-state index in [1.54, 1.807) is 6.92 Å². The lowest BCUT2D eigenvalue weighted by atomic mass is 10.1. The van der Waals surface area contributed by atoms with Gasteiger partial charge < -0.3 is 21.1 Å². The largest absolute Gasteiger partial charge is 0.480 e. The number of carbonyl (C=O) groups excluding carboxylic acids is 2. The van der Waals surface area contributed by atoms with Crippen molar-refractivity contribution in [1.82, 2.24) is 10.2 Å². The van der Waals surface area contributed by atoms with Crippen LogP contribution < -0.4 is 11.1 Å². The third-order valence-electron chi connectivity index (χ3n) is 3.62. The molecular formula is C13H23N3O4. The van der Waals surface area contributed by atoms with Crippen LogP contribution in [-0.2, 0) is 14.4 Å². The lowest BCUT2D eigenvalue weighted by Crippen LogP contribution is -2.53. The number of hydrogen-bond donors (Lipinski definition) is 3. The van der Waals surface area contributed by atoms with Gasteiger partial charge in [0.2, 0.25) is 11.8 Å². The summed E-state index contributed by atoms with van der Waals surface area (Å²) in [5.74, 6) is -1.72. The molecule has 7 nitrogen and oxygen atoms in total. The smallest absolute Gasteiger partial charge is 0.326 e. The molecule has 4 N–H and O–H groups in total. The molecule has 1 aliphatic heterocycles. The van der Waals surface area contributed by atoms with Gasteiger partial charge in [-0.15, -0.1) is 0 Å². The van der Waals surface area contributed by atoms with Gasteiger partial charge in [0, 0.05) is 6.54 Å². The summed E-state index contributed by atoms with van der Waals surface area (Å²) in [5, 5.41) is 11.4. The summed E-state index contributed by atoms with van der Waals surface area (Å²) in [5.41, 5.74) is 5.72. The van der Waals surface area contributed by atoms with E-state index in [0.29, 0.717) is 25.8 Å². The van der Waals surface area contributed by atoms with Crippen molar-refractivity contribution in [3.05, 3.63) is 0 Å². The number of nitrogens with two attached hydrogens (primary N) is 1. The molecule has 3 unspecified atom stereocenters. The highest BCUT2D eigenvalue weighted by Crippen LogP contribution is 2.19. The molecule has 0 aromatic heterocycles. The van der Waals surface area contributed by atoms with Crippen LogP contribution in [0.4, 0.5) is 0 Å². The number of carboxylic acids is 1. The van der Waals surface area contributed by atoms with Gasteiger partial charge >= 0.3 is 5.97 Å². The zero-order valence-electron chi connectivity index (χ0n) is 12.0. The standard InChI is InChI=1S/C13H23N3O4/c1-3-8(14)12(18)16-7-5-6-10(16)11(17)15-9(4-2)13(19)20/h8-10H,3-7,14H2,1-2H3,(H,15,17)(H,19,20). The summed E-state index contributed by atoms with van der Waals surface area (Å²) >= 11 is 0. The van der Waals surface area contributed by atoms with Crippen molar-refractivity contribution in [2.75, 3.05) is 6.54 Å². The van der Waals surface area contributed by atoms with E-state index in [1.807, 2.05) is 6.92 Å². The zero-order chi connectivity index (χ0) is 15.3. The number of nitrogens with one attached hydrogen (secondary N) is 1. The lowest BCUT2D eigenvalue weighted by Gasteiger charge is -2.27. The predicted octanol–water partition coefficient (Wildman–Crippen LogP) is -0.306. The molecule has 0 aromatic rings. The Morgan fingerprint density at radius 3 is 2.50 bits per heavy atom. The second-order valence-electron chi connectivity index (χ2n) is 5.01. The number of aliphatic carboxylic acids is 1. The van der Waals surface area contributed by atoms with E-state index < -0.39 is 30.0 Å². The Balaban J connectivity index is 2.71. The van der Waals surface area contributed by atoms with E-state index in [4.69, 9.17) is 10.8 Å². The Morgan fingerprint density at radius 1 is 1.35 bits per heavy atom. The third-order valence-corrected chi connectivity index (χ3v) is 3.62. The Hall–Kier alpha value is -1.63. The molecule has 1 aliphatic rings. The first-order valence-corrected chi connectivity index (χ1v) is 7.01. The number of carbonyl (C=O) groups is 3. The van der Waals surface area contributed by atoms with Crippen LogP contribution in [0, 0.1) is 0 Å². The average Bonchev–Trinajstić information content (AvgIpc) is 2.91. The molecule has 114 valence electrons. The molecule has 7 heteroatoms. The highest BCUT2D eigenvalue weighted by atomic mass is 16.4. The number of nitrogens with zero attached hydrogens (tertiary/aromatic N) is 1. The summed E-state index contributed by atoms with van der Waals surface area (Å²) in [7, 11) is 0. The second kappa shape index (κ2) is 7.23. The first kappa shape index (κ1) is 16.4. The van der Waals surface area contributed by atoms with Crippen LogP contribution in [-0.4, -0.2) is 52.5 Å². The molecule has 0 aromatic carbocycles. The van der Waals surface area contributed by atoms with E-state index in [0.717, 1.165) is 6.42 Å². The van der Waals surface area contributed by atoms with Gasteiger partial charge in [-0.3, -0.25) is 9.59 Å². The van der Waals surface area contributed by atoms with Crippen LogP contribution in [0.25, 0.3) is 0 Å². The molecule has 2 amide bonds. The zero-order valence-corrected chi connectivity index (χ0v) is 12.0. The second-order valence-corrected chi connectivity index (χ2v) is 5.01. The molecule has 0 spiro atoms. The summed E-state index contributed by atoms with van der Waals surface area (Å²) in [4.78, 5) is 36.6. The Bertz CT molecular complexity index is 386. The minimum atomic E-state index is -1.07. The van der Waals surface area contributed by atoms with Crippen LogP contribution in [0.1, 0.15) is 39.5 Å². The van der Waals surface area contributed by atoms with Crippen LogP contribution in [0.5, 0.6) is 0 Å². The maximum Gasteiger partial charge on any atom is 0.326 e. The van der Waals surface area contributed by atoms with E-state index in [-0.39, 0.29) is 5.91 Å². The maximum absolute atomic E-state index is 12.1. The first-order valence-electron chi connectivity index (χ1n) is 7.01. The molecule has 1 saturated heterocycles. The van der Waals surface area contributed by atoms with Crippen LogP contribution >= 0.6 is 0 Å². The lowest BCUT2D eigenvalue weighted by molar-refractivity contribution is -0.144. The number of amides is 2. The topological polar surface area (TPSA) is 113 Å². The van der Waals surface area contributed by atoms with Gasteiger partial charge in [0.05, 0.1) is 6.04 Å². The Morgan fingerprint density at radius 2 is 2.00 bits per heavy atom. The van der Waals surface area contributed by atoms with Crippen molar-refractivity contribution in [3.8, 4) is 0 Å². The minimum absolute atomic E-state index is 0.242. The van der Waals surface area contributed by atoms with Crippen molar-refractivity contribution in [3.63, 3.8) is 0 Å². The third kappa shape index (κ3) is 3.69.